The largest absolute Gasteiger partial charge is 0.416 e. The molecule has 17 heteroatoms. The third-order valence-electron chi connectivity index (χ3n) is 10.6. The van der Waals surface area contributed by atoms with Crippen LogP contribution >= 0.6 is 0 Å². The number of amides is 5. The van der Waals surface area contributed by atoms with E-state index in [2.05, 4.69) is 15.6 Å². The number of hydrogen-bond donors (Lipinski definition) is 2. The number of carbonyl (C=O) groups is 5. The van der Waals surface area contributed by atoms with Crippen LogP contribution in [0.4, 0.5) is 13.2 Å². The van der Waals surface area contributed by atoms with Crippen LogP contribution in [0, 0.1) is 13.8 Å². The molecule has 1 atom stereocenters. The molecule has 2 heterocycles. The summed E-state index contributed by atoms with van der Waals surface area (Å²) in [7, 11) is 1.76. The predicted molar refractivity (Wildman–Crippen MR) is 258 cm³/mol. The summed E-state index contributed by atoms with van der Waals surface area (Å²) < 4.78 is 58.2. The van der Waals surface area contributed by atoms with Gasteiger partial charge in [0.1, 0.15) is 6.04 Å². The Bertz CT molecular complexity index is 2150. The molecular weight excluding hydrogens is 868 g/mol. The molecule has 2 aliphatic rings. The topological polar surface area (TPSA) is 162 Å². The van der Waals surface area contributed by atoms with Gasteiger partial charge in [0.2, 0.25) is 11.8 Å². The average Bonchev–Trinajstić information content (AvgIpc) is 3.57. The van der Waals surface area contributed by atoms with E-state index in [1.807, 2.05) is 85.6 Å². The first-order chi connectivity index (χ1) is 32.1. The molecule has 0 aromatic heterocycles. The Morgan fingerprint density at radius 2 is 1.43 bits per heavy atom. The molecule has 13 nitrogen and oxygen atoms in total. The van der Waals surface area contributed by atoms with E-state index in [1.54, 1.807) is 26.1 Å². The van der Waals surface area contributed by atoms with Crippen LogP contribution < -0.4 is 16.1 Å². The molecule has 5 rings (SSSR count). The van der Waals surface area contributed by atoms with Crippen LogP contribution in [0.1, 0.15) is 108 Å². The summed E-state index contributed by atoms with van der Waals surface area (Å²) in [4.78, 5) is 68.4. The second-order valence-electron chi connectivity index (χ2n) is 15.0. The second kappa shape index (κ2) is 30.0. The lowest BCUT2D eigenvalue weighted by molar-refractivity contribution is -0.138. The number of halogens is 3. The number of nitrogens with zero attached hydrogens (tertiary/aromatic N) is 2. The maximum absolute atomic E-state index is 13.3. The van der Waals surface area contributed by atoms with Gasteiger partial charge in [-0.05, 0) is 87.5 Å². The zero-order chi connectivity index (χ0) is 50.1. The Morgan fingerprint density at radius 3 is 1.99 bits per heavy atom. The van der Waals surface area contributed by atoms with Crippen LogP contribution in [0.3, 0.4) is 0 Å². The fraction of sp³-hybridized carbons (Fsp3) is 0.480. The Balaban J connectivity index is 0.000000883. The highest BCUT2D eigenvalue weighted by Crippen LogP contribution is 2.29. The normalized spacial score (nSPS) is 14.8. The smallest absolute Gasteiger partial charge is 0.380 e. The van der Waals surface area contributed by atoms with Gasteiger partial charge in [-0.3, -0.25) is 39.2 Å². The van der Waals surface area contributed by atoms with Gasteiger partial charge < -0.3 is 24.3 Å². The first-order valence-electron chi connectivity index (χ1n) is 22.9. The minimum atomic E-state index is -4.21. The van der Waals surface area contributed by atoms with E-state index in [-0.39, 0.29) is 31.0 Å². The van der Waals surface area contributed by atoms with Gasteiger partial charge in [-0.15, -0.1) is 0 Å². The molecule has 0 saturated carbocycles. The van der Waals surface area contributed by atoms with Gasteiger partial charge in [0.05, 0.1) is 57.4 Å². The summed E-state index contributed by atoms with van der Waals surface area (Å²) in [6.45, 7) is 21.1. The molecule has 1 unspecified atom stereocenters. The number of hydrogen-bond acceptors (Lipinski definition) is 10. The van der Waals surface area contributed by atoms with Gasteiger partial charge in [0.25, 0.3) is 17.7 Å². The lowest BCUT2D eigenvalue weighted by Crippen LogP contribution is -2.54. The number of imide groups is 2. The molecule has 3 aromatic carbocycles. The van der Waals surface area contributed by atoms with Crippen LogP contribution in [-0.4, -0.2) is 119 Å². The summed E-state index contributed by atoms with van der Waals surface area (Å²) in [6.07, 6.45) is -1.41. The number of aliphatic imine (C=N–C) groups is 1. The standard InChI is InChI=1S/C38H49BN4O9.C8H7F3.2C2H6/c1-6-28(26(3)40-5)30-24-27(11-10-25(30)2)35(45)41-15-17-50-19-21-52-23-22-51-20-18-49-16-14-39(4)31-9-7-8-29-34(31)38(48)43(37(29)47)32-12-13-33(44)42-36(32)46;1-6-2-4-7(5-3-6)8(9,10)11;2*1-2/h6-11,24,32H,12-23H2,1-5H3,(H,41,45)(H,42,44,46);2-5H,1H3;2*1-2H3/b28-6+,40-26?;;;. The molecule has 2 aliphatic heterocycles. The maximum atomic E-state index is 13.3. The van der Waals surface area contributed by atoms with E-state index in [9.17, 15) is 37.1 Å². The zero-order valence-electron chi connectivity index (χ0n) is 40.7. The number of benzene rings is 3. The van der Waals surface area contributed by atoms with Crippen LogP contribution in [0.5, 0.6) is 0 Å². The number of rotatable bonds is 20. The quantitative estimate of drug-likeness (QED) is 0.0499. The minimum Gasteiger partial charge on any atom is -0.380 e. The molecule has 0 spiro atoms. The summed E-state index contributed by atoms with van der Waals surface area (Å²) in [5.74, 6) is -2.22. The van der Waals surface area contributed by atoms with Crippen molar-refractivity contribution >= 4 is 53.0 Å². The molecule has 1 saturated heterocycles. The first kappa shape index (κ1) is 57.6. The molecule has 0 aliphatic carbocycles. The number of piperidine rings is 1. The number of fused-ring (bicyclic) bond motifs is 1. The molecule has 0 bridgehead atoms. The molecule has 2 N–H and O–H groups in total. The molecule has 1 fully saturated rings. The van der Waals surface area contributed by atoms with E-state index in [0.717, 1.165) is 50.5 Å². The summed E-state index contributed by atoms with van der Waals surface area (Å²) in [6, 6.07) is 14.9. The Hall–Kier alpha value is -5.49. The van der Waals surface area contributed by atoms with Crippen molar-refractivity contribution in [1.29, 1.82) is 0 Å². The van der Waals surface area contributed by atoms with Crippen molar-refractivity contribution in [2.24, 2.45) is 4.99 Å². The van der Waals surface area contributed by atoms with Gasteiger partial charge in [0, 0.05) is 43.5 Å². The van der Waals surface area contributed by atoms with Crippen molar-refractivity contribution in [2.75, 3.05) is 66.4 Å². The Kier molecular flexibility index (Phi) is 25.8. The number of carbonyl (C=O) groups excluding carboxylic acids is 5. The highest BCUT2D eigenvalue weighted by atomic mass is 19.4. The third-order valence-corrected chi connectivity index (χ3v) is 10.6. The van der Waals surface area contributed by atoms with E-state index < -0.39 is 41.4 Å². The van der Waals surface area contributed by atoms with Crippen molar-refractivity contribution in [2.45, 2.75) is 93.6 Å². The highest BCUT2D eigenvalue weighted by molar-refractivity contribution is 6.73. The fourth-order valence-electron chi connectivity index (χ4n) is 6.94. The van der Waals surface area contributed by atoms with Gasteiger partial charge in [-0.1, -0.05) is 82.0 Å². The van der Waals surface area contributed by atoms with Crippen LogP contribution in [0.15, 0.2) is 71.7 Å². The van der Waals surface area contributed by atoms with Crippen LogP contribution in [0.2, 0.25) is 13.1 Å². The van der Waals surface area contributed by atoms with Crippen molar-refractivity contribution in [3.8, 4) is 0 Å². The van der Waals surface area contributed by atoms with Crippen molar-refractivity contribution in [3.63, 3.8) is 0 Å². The highest BCUT2D eigenvalue weighted by Gasteiger charge is 2.46. The number of allylic oxidation sites excluding steroid dienone is 2. The second-order valence-corrected chi connectivity index (χ2v) is 15.0. The van der Waals surface area contributed by atoms with Crippen molar-refractivity contribution in [1.82, 2.24) is 15.5 Å². The van der Waals surface area contributed by atoms with Gasteiger partial charge in [-0.25, -0.2) is 0 Å². The van der Waals surface area contributed by atoms with E-state index in [4.69, 9.17) is 18.9 Å². The number of aryl methyl sites for hydroxylation is 2. The zero-order valence-corrected chi connectivity index (χ0v) is 40.7. The number of ether oxygens (including phenoxy) is 4. The molecule has 67 heavy (non-hydrogen) atoms. The monoisotopic (exact) mass is 937 g/mol. The minimum absolute atomic E-state index is 0.0746. The lowest BCUT2D eigenvalue weighted by atomic mass is 9.44. The van der Waals surface area contributed by atoms with Gasteiger partial charge in [-0.2, -0.15) is 13.2 Å². The molecule has 5 amide bonds. The first-order valence-corrected chi connectivity index (χ1v) is 22.9. The van der Waals surface area contributed by atoms with E-state index in [1.165, 1.54) is 12.1 Å². The molecule has 3 aromatic rings. The number of nitrogens with one attached hydrogen (secondary N) is 2. The molecule has 0 radical (unpaired) electrons. The molecular formula is C50H68BF3N4O9. The van der Waals surface area contributed by atoms with E-state index >= 15 is 0 Å². The fourth-order valence-corrected chi connectivity index (χ4v) is 6.94. The predicted octanol–water partition coefficient (Wildman–Crippen LogP) is 7.78. The van der Waals surface area contributed by atoms with Crippen molar-refractivity contribution in [3.05, 3.63) is 106 Å². The van der Waals surface area contributed by atoms with Crippen LogP contribution in [-0.2, 0) is 34.7 Å². The Morgan fingerprint density at radius 1 is 0.851 bits per heavy atom. The van der Waals surface area contributed by atoms with Crippen molar-refractivity contribution < 1.29 is 56.1 Å². The molecule has 366 valence electrons. The van der Waals surface area contributed by atoms with Gasteiger partial charge in [0.15, 0.2) is 6.71 Å². The summed E-state index contributed by atoms with van der Waals surface area (Å²) in [5.41, 5.74) is 6.12. The Labute approximate surface area is 394 Å². The maximum Gasteiger partial charge on any atom is 0.416 e. The van der Waals surface area contributed by atoms with Gasteiger partial charge >= 0.3 is 6.18 Å². The summed E-state index contributed by atoms with van der Waals surface area (Å²) in [5, 5.41) is 5.11. The van der Waals surface area contributed by atoms with E-state index in [0.29, 0.717) is 76.8 Å². The number of alkyl halides is 3. The lowest BCUT2D eigenvalue weighted by Gasteiger charge is -2.28. The third kappa shape index (κ3) is 17.6. The van der Waals surface area contributed by atoms with Crippen LogP contribution in [0.25, 0.3) is 5.57 Å². The average molecular weight is 937 g/mol. The SMILES string of the molecule is C/C=C(\C(C)=NC)c1cc(C(=O)NCCOCCOCCOCCOCCB(C)c2cccc3c2C(=O)N(C2CCC(=O)NC2=O)C3=O)ccc1C.CC.CC.Cc1ccc(C(F)(F)F)cc1. The summed E-state index contributed by atoms with van der Waals surface area (Å²) >= 11 is 0.